The largest absolute Gasteiger partial charge is 0.433 e. The maximum absolute atomic E-state index is 12.5. The lowest BCUT2D eigenvalue weighted by Gasteiger charge is -2.28. The summed E-state index contributed by atoms with van der Waals surface area (Å²) in [5.41, 5.74) is 0.396. The molecule has 2 atom stereocenters. The fraction of sp³-hybridized carbons (Fsp3) is 0.438. The fourth-order valence-electron chi connectivity index (χ4n) is 3.39. The van der Waals surface area contributed by atoms with Gasteiger partial charge in [0.2, 0.25) is 0 Å². The van der Waals surface area contributed by atoms with E-state index in [1.165, 1.54) is 24.3 Å². The lowest BCUT2D eigenvalue weighted by molar-refractivity contribution is -0.570. The molecule has 0 saturated heterocycles. The highest BCUT2D eigenvalue weighted by atomic mass is 16.7. The molecule has 1 heterocycles. The van der Waals surface area contributed by atoms with Crippen LogP contribution in [0.25, 0.3) is 0 Å². The van der Waals surface area contributed by atoms with E-state index < -0.39 is 22.0 Å². The van der Waals surface area contributed by atoms with Crippen molar-refractivity contribution in [1.29, 1.82) is 0 Å². The van der Waals surface area contributed by atoms with Crippen LogP contribution in [-0.4, -0.2) is 21.9 Å². The molecule has 2 aliphatic rings. The van der Waals surface area contributed by atoms with Gasteiger partial charge in [0, 0.05) is 25.0 Å². The molecule has 0 spiro atoms. The van der Waals surface area contributed by atoms with Gasteiger partial charge < -0.3 is 4.74 Å². The van der Waals surface area contributed by atoms with Gasteiger partial charge in [-0.2, -0.15) is 0 Å². The molecule has 126 valence electrons. The maximum atomic E-state index is 12.5. The van der Waals surface area contributed by atoms with Crippen LogP contribution in [0.4, 0.5) is 5.69 Å². The van der Waals surface area contributed by atoms with Gasteiger partial charge in [-0.05, 0) is 11.0 Å². The van der Waals surface area contributed by atoms with Gasteiger partial charge in [0.15, 0.2) is 5.78 Å². The second-order valence-electron chi connectivity index (χ2n) is 6.90. The lowest BCUT2D eigenvalue weighted by Crippen LogP contribution is -2.28. The lowest BCUT2D eigenvalue weighted by atomic mass is 9.73. The second-order valence-corrected chi connectivity index (χ2v) is 6.90. The molecule has 1 aliphatic heterocycles. The minimum absolute atomic E-state index is 0.111. The van der Waals surface area contributed by atoms with Crippen molar-refractivity contribution < 1.29 is 19.4 Å². The number of non-ortho nitro benzene ring substituents is 1. The Morgan fingerprint density at radius 1 is 1.12 bits per heavy atom. The summed E-state index contributed by atoms with van der Waals surface area (Å²) in [5, 5.41) is 22.2. The number of nitrogens with zero attached hydrogens (tertiary/aromatic N) is 2. The Morgan fingerprint density at radius 3 is 2.29 bits per heavy atom. The first-order chi connectivity index (χ1) is 11.2. The highest BCUT2D eigenvalue weighted by molar-refractivity contribution is 5.99. The van der Waals surface area contributed by atoms with Gasteiger partial charge >= 0.3 is 6.23 Å². The number of benzene rings is 1. The molecule has 0 aromatic heterocycles. The molecule has 0 N–H and O–H groups in total. The molecule has 1 aromatic carbocycles. The molecule has 1 aromatic rings. The van der Waals surface area contributed by atoms with E-state index in [2.05, 4.69) is 0 Å². The number of Topliss-reactive ketones (excluding diaryl/α,β-unsaturated/α-hetero) is 1. The van der Waals surface area contributed by atoms with Gasteiger partial charge in [-0.15, -0.1) is 0 Å². The third kappa shape index (κ3) is 2.64. The summed E-state index contributed by atoms with van der Waals surface area (Å²) in [5.74, 6) is -0.616. The fourth-order valence-corrected chi connectivity index (χ4v) is 3.39. The van der Waals surface area contributed by atoms with E-state index in [0.717, 1.165) is 0 Å². The zero-order valence-electron chi connectivity index (χ0n) is 13.2. The number of nitro groups is 2. The standard InChI is InChI=1S/C16H16N2O6/c1-16(2)7-11(19)14-12(8-16)24-15(18(22)23)13(14)9-3-5-10(6-4-9)17(20)21/h3-6,13,15H,7-8H2,1-2H3/t13-,15-/m1/s1. The Kier molecular flexibility index (Phi) is 3.62. The average Bonchev–Trinajstić information content (AvgIpc) is 2.85. The van der Waals surface area contributed by atoms with Crippen molar-refractivity contribution in [1.82, 2.24) is 0 Å². The molecule has 0 amide bonds. The van der Waals surface area contributed by atoms with Gasteiger partial charge in [-0.1, -0.05) is 26.0 Å². The molecule has 0 unspecified atom stereocenters. The molecule has 0 radical (unpaired) electrons. The molecule has 8 nitrogen and oxygen atoms in total. The summed E-state index contributed by atoms with van der Waals surface area (Å²) in [6.07, 6.45) is -0.625. The van der Waals surface area contributed by atoms with E-state index in [-0.39, 0.29) is 16.9 Å². The summed E-state index contributed by atoms with van der Waals surface area (Å²) in [4.78, 5) is 33.6. The normalized spacial score (nSPS) is 25.2. The Labute approximate surface area is 137 Å². The smallest absolute Gasteiger partial charge is 0.364 e. The molecule has 24 heavy (non-hydrogen) atoms. The number of ketones is 1. The Bertz CT molecular complexity index is 765. The first-order valence-electron chi connectivity index (χ1n) is 7.50. The third-order valence-corrected chi connectivity index (χ3v) is 4.41. The van der Waals surface area contributed by atoms with Crippen molar-refractivity contribution in [2.75, 3.05) is 0 Å². The molecular weight excluding hydrogens is 316 g/mol. The zero-order chi connectivity index (χ0) is 17.6. The van der Waals surface area contributed by atoms with Gasteiger partial charge in [0.25, 0.3) is 5.69 Å². The number of carbonyl (C=O) groups excluding carboxylic acids is 1. The van der Waals surface area contributed by atoms with Gasteiger partial charge in [0.1, 0.15) is 11.7 Å². The first-order valence-corrected chi connectivity index (χ1v) is 7.50. The van der Waals surface area contributed by atoms with Crippen molar-refractivity contribution in [3.8, 4) is 0 Å². The number of carbonyl (C=O) groups is 1. The van der Waals surface area contributed by atoms with Crippen LogP contribution < -0.4 is 0 Å². The number of nitro benzene ring substituents is 1. The van der Waals surface area contributed by atoms with Crippen LogP contribution in [0.1, 0.15) is 38.2 Å². The minimum Gasteiger partial charge on any atom is -0.433 e. The number of hydrogen-bond donors (Lipinski definition) is 0. The molecule has 1 aliphatic carbocycles. The van der Waals surface area contributed by atoms with E-state index in [0.29, 0.717) is 29.7 Å². The van der Waals surface area contributed by atoms with Crippen molar-refractivity contribution in [2.24, 2.45) is 5.41 Å². The van der Waals surface area contributed by atoms with E-state index in [4.69, 9.17) is 4.74 Å². The van der Waals surface area contributed by atoms with Crippen molar-refractivity contribution in [3.63, 3.8) is 0 Å². The maximum Gasteiger partial charge on any atom is 0.364 e. The van der Waals surface area contributed by atoms with Crippen LogP contribution in [0.5, 0.6) is 0 Å². The molecule has 8 heteroatoms. The molecule has 3 rings (SSSR count). The Hall–Kier alpha value is -2.77. The van der Waals surface area contributed by atoms with E-state index >= 15 is 0 Å². The number of allylic oxidation sites excluding steroid dienone is 1. The van der Waals surface area contributed by atoms with Crippen LogP contribution in [0.2, 0.25) is 0 Å². The number of hydrogen-bond acceptors (Lipinski definition) is 6. The number of ether oxygens (including phenoxy) is 1. The molecule has 0 fully saturated rings. The zero-order valence-corrected chi connectivity index (χ0v) is 13.2. The van der Waals surface area contributed by atoms with Crippen LogP contribution in [0, 0.1) is 25.6 Å². The second kappa shape index (κ2) is 5.40. The summed E-state index contributed by atoms with van der Waals surface area (Å²) < 4.78 is 5.50. The van der Waals surface area contributed by atoms with E-state index in [9.17, 15) is 25.0 Å². The average molecular weight is 332 g/mol. The summed E-state index contributed by atoms with van der Waals surface area (Å²) in [6, 6.07) is 5.46. The molecule has 0 saturated carbocycles. The van der Waals surface area contributed by atoms with Crippen LogP contribution in [-0.2, 0) is 9.53 Å². The van der Waals surface area contributed by atoms with Crippen LogP contribution >= 0.6 is 0 Å². The predicted octanol–water partition coefficient (Wildman–Crippen LogP) is 2.95. The monoisotopic (exact) mass is 332 g/mol. The highest BCUT2D eigenvalue weighted by Gasteiger charge is 2.51. The first kappa shape index (κ1) is 16.1. The van der Waals surface area contributed by atoms with Gasteiger partial charge in [-0.3, -0.25) is 25.0 Å². The van der Waals surface area contributed by atoms with Crippen LogP contribution in [0.15, 0.2) is 35.6 Å². The SMILES string of the molecule is CC1(C)CC(=O)C2=C(C1)O[C@@H]([N+](=O)[O-])[C@@H]2c1ccc([N+](=O)[O-])cc1. The predicted molar refractivity (Wildman–Crippen MR) is 82.8 cm³/mol. The molecule has 0 bridgehead atoms. The summed E-state index contributed by atoms with van der Waals surface area (Å²) in [7, 11) is 0. The highest BCUT2D eigenvalue weighted by Crippen LogP contribution is 2.48. The molecular formula is C16H16N2O6. The summed E-state index contributed by atoms with van der Waals surface area (Å²) in [6.45, 7) is 3.83. The number of rotatable bonds is 3. The topological polar surface area (TPSA) is 113 Å². The van der Waals surface area contributed by atoms with Gasteiger partial charge in [-0.25, -0.2) is 0 Å². The quantitative estimate of drug-likeness (QED) is 0.621. The Morgan fingerprint density at radius 2 is 1.75 bits per heavy atom. The third-order valence-electron chi connectivity index (χ3n) is 4.41. The Balaban J connectivity index is 2.05. The van der Waals surface area contributed by atoms with Gasteiger partial charge in [0.05, 0.1) is 15.4 Å². The van der Waals surface area contributed by atoms with Crippen molar-refractivity contribution in [2.45, 2.75) is 38.8 Å². The van der Waals surface area contributed by atoms with Crippen molar-refractivity contribution >= 4 is 11.5 Å². The van der Waals surface area contributed by atoms with Crippen LogP contribution in [0.3, 0.4) is 0 Å². The minimum atomic E-state index is -1.38. The van der Waals surface area contributed by atoms with E-state index in [1.54, 1.807) is 0 Å². The van der Waals surface area contributed by atoms with Crippen molar-refractivity contribution in [3.05, 3.63) is 61.4 Å². The van der Waals surface area contributed by atoms with E-state index in [1.807, 2.05) is 13.8 Å². The summed E-state index contributed by atoms with van der Waals surface area (Å²) >= 11 is 0.